The van der Waals surface area contributed by atoms with E-state index in [0.29, 0.717) is 24.4 Å². The number of ether oxygens (including phenoxy) is 1. The molecule has 3 rings (SSSR count). The fourth-order valence-corrected chi connectivity index (χ4v) is 3.00. The lowest BCUT2D eigenvalue weighted by Crippen LogP contribution is -2.40. The average Bonchev–Trinajstić information content (AvgIpc) is 3.09. The molecule has 1 aromatic heterocycles. The first-order chi connectivity index (χ1) is 11.2. The highest BCUT2D eigenvalue weighted by Gasteiger charge is 2.49. The van der Waals surface area contributed by atoms with Crippen LogP contribution >= 0.6 is 0 Å². The van der Waals surface area contributed by atoms with E-state index in [1.54, 1.807) is 36.0 Å². The number of amides is 1. The molecule has 0 radical (unpaired) electrons. The summed E-state index contributed by atoms with van der Waals surface area (Å²) in [4.78, 5) is 14.4. The zero-order valence-electron chi connectivity index (χ0n) is 14.5. The summed E-state index contributed by atoms with van der Waals surface area (Å²) in [6, 6.07) is 7.50. The first-order valence-corrected chi connectivity index (χ1v) is 7.95. The van der Waals surface area contributed by atoms with Crippen molar-refractivity contribution in [3.8, 4) is 11.4 Å². The molecular weight excluding hydrogens is 306 g/mol. The van der Waals surface area contributed by atoms with Crippen LogP contribution in [0, 0.1) is 5.41 Å². The molecule has 2 heterocycles. The molecule has 0 saturated carbocycles. The van der Waals surface area contributed by atoms with Crippen LogP contribution in [0.25, 0.3) is 5.69 Å². The minimum Gasteiger partial charge on any atom is -0.494 e. The predicted octanol–water partition coefficient (Wildman–Crippen LogP) is 2.11. The molecule has 1 amide bonds. The molecule has 24 heavy (non-hydrogen) atoms. The van der Waals surface area contributed by atoms with Crippen LogP contribution in [0.1, 0.15) is 31.1 Å². The number of para-hydroxylation sites is 2. The summed E-state index contributed by atoms with van der Waals surface area (Å²) in [5.74, 6) is 0.562. The maximum atomic E-state index is 12.8. The molecule has 0 aliphatic carbocycles. The lowest BCUT2D eigenvalue weighted by molar-refractivity contribution is -0.0108. The number of hydrogen-bond acceptors (Lipinski definition) is 4. The van der Waals surface area contributed by atoms with Gasteiger partial charge in [0.05, 0.1) is 31.0 Å². The minimum absolute atomic E-state index is 0.123. The Kier molecular flexibility index (Phi) is 3.87. The predicted molar refractivity (Wildman–Crippen MR) is 90.4 cm³/mol. The second-order valence-corrected chi connectivity index (χ2v) is 7.16. The highest BCUT2D eigenvalue weighted by Crippen LogP contribution is 2.38. The lowest BCUT2D eigenvalue weighted by atomic mass is 9.79. The summed E-state index contributed by atoms with van der Waals surface area (Å²) in [6.45, 7) is 6.55. The van der Waals surface area contributed by atoms with Gasteiger partial charge in [-0.15, -0.1) is 0 Å². The molecule has 1 aliphatic rings. The van der Waals surface area contributed by atoms with Crippen LogP contribution in [0.15, 0.2) is 36.7 Å². The Bertz CT molecular complexity index is 748. The van der Waals surface area contributed by atoms with Crippen LogP contribution in [0.2, 0.25) is 0 Å². The molecule has 1 fully saturated rings. The Hall–Kier alpha value is -2.34. The fraction of sp³-hybridized carbons (Fsp3) is 0.444. The molecule has 1 aromatic carbocycles. The maximum absolute atomic E-state index is 12.8. The van der Waals surface area contributed by atoms with Crippen LogP contribution in [0.3, 0.4) is 0 Å². The first-order valence-electron chi connectivity index (χ1n) is 7.95. The van der Waals surface area contributed by atoms with Gasteiger partial charge < -0.3 is 14.7 Å². The van der Waals surface area contributed by atoms with E-state index in [1.165, 1.54) is 0 Å². The van der Waals surface area contributed by atoms with Gasteiger partial charge in [-0.05, 0) is 19.1 Å². The topological polar surface area (TPSA) is 67.6 Å². The number of aliphatic hydroxyl groups is 1. The van der Waals surface area contributed by atoms with Crippen molar-refractivity contribution in [1.82, 2.24) is 14.7 Å². The molecule has 1 unspecified atom stereocenters. The SMILES string of the molecule is COc1ccccc1-n1cc(C(=O)N2CC(C)(C)C(C)(O)C2)cn1. The number of nitrogens with zero attached hydrogens (tertiary/aromatic N) is 3. The Morgan fingerprint density at radius 2 is 1.96 bits per heavy atom. The van der Waals surface area contributed by atoms with E-state index in [-0.39, 0.29) is 11.3 Å². The highest BCUT2D eigenvalue weighted by molar-refractivity contribution is 5.94. The monoisotopic (exact) mass is 329 g/mol. The summed E-state index contributed by atoms with van der Waals surface area (Å²) in [5, 5.41) is 14.8. The standard InChI is InChI=1S/C18H23N3O3/c1-17(2)11-20(12-18(17,3)23)16(22)13-9-19-21(10-13)14-7-5-6-8-15(14)24-4/h5-10,23H,11-12H2,1-4H3. The molecule has 6 nitrogen and oxygen atoms in total. The molecule has 6 heteroatoms. The van der Waals surface area contributed by atoms with Crippen molar-refractivity contribution in [2.75, 3.05) is 20.2 Å². The number of carbonyl (C=O) groups excluding carboxylic acids is 1. The van der Waals surface area contributed by atoms with E-state index < -0.39 is 5.60 Å². The van der Waals surface area contributed by atoms with E-state index in [0.717, 1.165) is 5.69 Å². The Morgan fingerprint density at radius 3 is 2.58 bits per heavy atom. The molecule has 0 bridgehead atoms. The van der Waals surface area contributed by atoms with Gasteiger partial charge in [0.1, 0.15) is 11.4 Å². The van der Waals surface area contributed by atoms with Crippen molar-refractivity contribution in [1.29, 1.82) is 0 Å². The molecule has 1 saturated heterocycles. The van der Waals surface area contributed by atoms with Crippen molar-refractivity contribution >= 4 is 5.91 Å². The summed E-state index contributed by atoms with van der Waals surface area (Å²) >= 11 is 0. The molecule has 0 spiro atoms. The zero-order chi connectivity index (χ0) is 17.5. The smallest absolute Gasteiger partial charge is 0.257 e. The average molecular weight is 329 g/mol. The first kappa shape index (κ1) is 16.5. The van der Waals surface area contributed by atoms with Crippen molar-refractivity contribution in [3.63, 3.8) is 0 Å². The van der Waals surface area contributed by atoms with E-state index in [2.05, 4.69) is 5.10 Å². The van der Waals surface area contributed by atoms with Gasteiger partial charge in [-0.1, -0.05) is 26.0 Å². The highest BCUT2D eigenvalue weighted by atomic mass is 16.5. The fourth-order valence-electron chi connectivity index (χ4n) is 3.00. The summed E-state index contributed by atoms with van der Waals surface area (Å²) in [5.41, 5.74) is 0.0185. The maximum Gasteiger partial charge on any atom is 0.257 e. The normalized spacial score (nSPS) is 22.6. The summed E-state index contributed by atoms with van der Waals surface area (Å²) in [7, 11) is 1.60. The molecular formula is C18H23N3O3. The third-order valence-corrected chi connectivity index (χ3v) is 4.99. The quantitative estimate of drug-likeness (QED) is 0.936. The molecule has 2 aromatic rings. The number of methoxy groups -OCH3 is 1. The van der Waals surface area contributed by atoms with E-state index in [1.807, 2.05) is 38.1 Å². The van der Waals surface area contributed by atoms with E-state index in [9.17, 15) is 9.90 Å². The number of rotatable bonds is 3. The van der Waals surface area contributed by atoms with Crippen molar-refractivity contribution in [3.05, 3.63) is 42.2 Å². The Morgan fingerprint density at radius 1 is 1.25 bits per heavy atom. The van der Waals surface area contributed by atoms with Gasteiger partial charge in [0.15, 0.2) is 0 Å². The minimum atomic E-state index is -0.901. The summed E-state index contributed by atoms with van der Waals surface area (Å²) in [6.07, 6.45) is 3.25. The van der Waals surface area contributed by atoms with Crippen molar-refractivity contribution in [2.24, 2.45) is 5.41 Å². The number of carbonyl (C=O) groups is 1. The third kappa shape index (κ3) is 2.67. The second-order valence-electron chi connectivity index (χ2n) is 7.16. The number of aromatic nitrogens is 2. The van der Waals surface area contributed by atoms with Crippen molar-refractivity contribution in [2.45, 2.75) is 26.4 Å². The van der Waals surface area contributed by atoms with Crippen LogP contribution in [-0.4, -0.2) is 51.5 Å². The zero-order valence-corrected chi connectivity index (χ0v) is 14.5. The van der Waals surface area contributed by atoms with E-state index >= 15 is 0 Å². The molecule has 128 valence electrons. The molecule has 1 atom stereocenters. The Balaban J connectivity index is 1.85. The van der Waals surface area contributed by atoms with Gasteiger partial charge in [-0.2, -0.15) is 5.10 Å². The van der Waals surface area contributed by atoms with Crippen LogP contribution in [0.5, 0.6) is 5.75 Å². The number of likely N-dealkylation sites (tertiary alicyclic amines) is 1. The van der Waals surface area contributed by atoms with Crippen LogP contribution in [-0.2, 0) is 0 Å². The van der Waals surface area contributed by atoms with Crippen LogP contribution < -0.4 is 4.74 Å². The third-order valence-electron chi connectivity index (χ3n) is 4.99. The van der Waals surface area contributed by atoms with Crippen molar-refractivity contribution < 1.29 is 14.6 Å². The van der Waals surface area contributed by atoms with Gasteiger partial charge in [-0.3, -0.25) is 4.79 Å². The number of β-amino-alcohol motifs (C(OH)–C–C–N with tert-alkyl or cyclic N) is 1. The summed E-state index contributed by atoms with van der Waals surface area (Å²) < 4.78 is 6.97. The number of benzene rings is 1. The second kappa shape index (κ2) is 5.63. The van der Waals surface area contributed by atoms with Gasteiger partial charge >= 0.3 is 0 Å². The van der Waals surface area contributed by atoms with Gasteiger partial charge in [0.25, 0.3) is 5.91 Å². The lowest BCUT2D eigenvalue weighted by Gasteiger charge is -2.30. The van der Waals surface area contributed by atoms with Gasteiger partial charge in [0, 0.05) is 18.2 Å². The largest absolute Gasteiger partial charge is 0.494 e. The van der Waals surface area contributed by atoms with Gasteiger partial charge in [0.2, 0.25) is 0 Å². The molecule has 1 N–H and O–H groups in total. The Labute approximate surface area is 141 Å². The number of hydrogen-bond donors (Lipinski definition) is 1. The van der Waals surface area contributed by atoms with Crippen LogP contribution in [0.4, 0.5) is 0 Å². The van der Waals surface area contributed by atoms with E-state index in [4.69, 9.17) is 4.74 Å². The molecule has 1 aliphatic heterocycles. The van der Waals surface area contributed by atoms with Gasteiger partial charge in [-0.25, -0.2) is 4.68 Å².